The second-order valence-corrected chi connectivity index (χ2v) is 7.82. The van der Waals surface area contributed by atoms with E-state index in [-0.39, 0.29) is 22.9 Å². The van der Waals surface area contributed by atoms with E-state index >= 15 is 0 Å². The summed E-state index contributed by atoms with van der Waals surface area (Å²) in [6.07, 6.45) is 3.14. The van der Waals surface area contributed by atoms with Crippen molar-refractivity contribution < 1.29 is 9.53 Å². The van der Waals surface area contributed by atoms with Crippen molar-refractivity contribution >= 4 is 5.97 Å². The van der Waals surface area contributed by atoms with Crippen LogP contribution >= 0.6 is 0 Å². The molecule has 3 nitrogen and oxygen atoms in total. The van der Waals surface area contributed by atoms with Crippen molar-refractivity contribution in [2.24, 2.45) is 22.5 Å². The van der Waals surface area contributed by atoms with Crippen molar-refractivity contribution in [3.8, 4) is 0 Å². The minimum atomic E-state index is -0.544. The first-order valence-electron chi connectivity index (χ1n) is 6.97. The van der Waals surface area contributed by atoms with Gasteiger partial charge in [-0.25, -0.2) is 0 Å². The Morgan fingerprint density at radius 1 is 1.33 bits per heavy atom. The normalized spacial score (nSPS) is 29.7. The predicted molar refractivity (Wildman–Crippen MR) is 74.1 cm³/mol. The largest absolute Gasteiger partial charge is 0.461 e. The maximum absolute atomic E-state index is 12.0. The average Bonchev–Trinajstić information content (AvgIpc) is 2.11. The highest BCUT2D eigenvalue weighted by atomic mass is 16.5. The summed E-state index contributed by atoms with van der Waals surface area (Å²) in [5.41, 5.74) is 5.95. The number of carbonyl (C=O) groups is 1. The number of ether oxygens (including phenoxy) is 1. The Hall–Kier alpha value is -0.570. The summed E-state index contributed by atoms with van der Waals surface area (Å²) < 4.78 is 5.62. The maximum atomic E-state index is 12.0. The van der Waals surface area contributed by atoms with Crippen LogP contribution in [-0.4, -0.2) is 18.1 Å². The van der Waals surface area contributed by atoms with Gasteiger partial charge in [0.1, 0.15) is 12.1 Å². The summed E-state index contributed by atoms with van der Waals surface area (Å²) in [5, 5.41) is 0. The molecule has 0 saturated heterocycles. The van der Waals surface area contributed by atoms with Crippen molar-refractivity contribution in [1.82, 2.24) is 0 Å². The zero-order chi connectivity index (χ0) is 14.1. The van der Waals surface area contributed by atoms with E-state index in [4.69, 9.17) is 10.5 Å². The van der Waals surface area contributed by atoms with Crippen LogP contribution in [0.5, 0.6) is 0 Å². The van der Waals surface area contributed by atoms with Crippen molar-refractivity contribution in [2.45, 2.75) is 73.0 Å². The quantitative estimate of drug-likeness (QED) is 0.771. The fourth-order valence-corrected chi connectivity index (χ4v) is 2.94. The summed E-state index contributed by atoms with van der Waals surface area (Å²) in [6, 6.07) is -0.544. The molecule has 3 heteroatoms. The van der Waals surface area contributed by atoms with Gasteiger partial charge in [0.15, 0.2) is 0 Å². The van der Waals surface area contributed by atoms with Crippen LogP contribution in [0.25, 0.3) is 0 Å². The number of carbonyl (C=O) groups excluding carboxylic acids is 1. The van der Waals surface area contributed by atoms with Gasteiger partial charge in [0.2, 0.25) is 0 Å². The molecule has 1 aliphatic rings. The van der Waals surface area contributed by atoms with Gasteiger partial charge in [-0.05, 0) is 36.0 Å². The molecule has 0 amide bonds. The SMILES string of the molecule is CC1CC(OC(=O)[C@H](N)C(C)(C)C)CC(C)(C)C1. The highest BCUT2D eigenvalue weighted by molar-refractivity contribution is 5.76. The number of esters is 1. The molecule has 1 saturated carbocycles. The van der Waals surface area contributed by atoms with Gasteiger partial charge in [0.05, 0.1) is 0 Å². The van der Waals surface area contributed by atoms with E-state index < -0.39 is 6.04 Å². The molecular formula is C15H29NO2. The van der Waals surface area contributed by atoms with E-state index in [0.29, 0.717) is 5.92 Å². The molecule has 0 radical (unpaired) electrons. The number of nitrogens with two attached hydrogens (primary N) is 1. The average molecular weight is 255 g/mol. The second kappa shape index (κ2) is 5.20. The standard InChI is InChI=1S/C15H29NO2/c1-10-7-11(9-15(5,6)8-10)18-13(17)12(16)14(2,3)4/h10-12H,7-9,16H2,1-6H3/t10?,11?,12-/m0/s1. The summed E-state index contributed by atoms with van der Waals surface area (Å²) in [7, 11) is 0. The molecule has 0 bridgehead atoms. The lowest BCUT2D eigenvalue weighted by molar-refractivity contribution is -0.157. The minimum absolute atomic E-state index is 0.0321. The van der Waals surface area contributed by atoms with Gasteiger partial charge in [-0.2, -0.15) is 0 Å². The number of hydrogen-bond acceptors (Lipinski definition) is 3. The van der Waals surface area contributed by atoms with Gasteiger partial charge in [0.25, 0.3) is 0 Å². The fraction of sp³-hybridized carbons (Fsp3) is 0.933. The van der Waals surface area contributed by atoms with E-state index in [0.717, 1.165) is 12.8 Å². The third-order valence-electron chi connectivity index (χ3n) is 3.82. The maximum Gasteiger partial charge on any atom is 0.323 e. The van der Waals surface area contributed by atoms with Gasteiger partial charge in [-0.15, -0.1) is 0 Å². The second-order valence-electron chi connectivity index (χ2n) is 7.82. The monoisotopic (exact) mass is 255 g/mol. The van der Waals surface area contributed by atoms with Crippen LogP contribution in [0.4, 0.5) is 0 Å². The van der Waals surface area contributed by atoms with Crippen molar-refractivity contribution in [3.63, 3.8) is 0 Å². The van der Waals surface area contributed by atoms with Gasteiger partial charge < -0.3 is 10.5 Å². The molecule has 106 valence electrons. The van der Waals surface area contributed by atoms with E-state index in [2.05, 4.69) is 20.8 Å². The van der Waals surface area contributed by atoms with E-state index in [1.807, 2.05) is 20.8 Å². The first-order chi connectivity index (χ1) is 8.01. The van der Waals surface area contributed by atoms with E-state index in [1.54, 1.807) is 0 Å². The lowest BCUT2D eigenvalue weighted by Crippen LogP contribution is -2.46. The Balaban J connectivity index is 2.60. The van der Waals surface area contributed by atoms with Crippen LogP contribution in [0, 0.1) is 16.7 Å². The Morgan fingerprint density at radius 3 is 2.33 bits per heavy atom. The van der Waals surface area contributed by atoms with Crippen LogP contribution in [0.1, 0.15) is 60.8 Å². The molecule has 2 unspecified atom stereocenters. The first-order valence-corrected chi connectivity index (χ1v) is 6.97. The van der Waals surface area contributed by atoms with Crippen LogP contribution < -0.4 is 5.73 Å². The zero-order valence-electron chi connectivity index (χ0n) is 12.7. The molecule has 18 heavy (non-hydrogen) atoms. The van der Waals surface area contributed by atoms with Crippen molar-refractivity contribution in [1.29, 1.82) is 0 Å². The molecule has 0 heterocycles. The third kappa shape index (κ3) is 4.27. The molecule has 0 aliphatic heterocycles. The van der Waals surface area contributed by atoms with Crippen molar-refractivity contribution in [3.05, 3.63) is 0 Å². The summed E-state index contributed by atoms with van der Waals surface area (Å²) in [5.74, 6) is 0.356. The molecule has 0 spiro atoms. The third-order valence-corrected chi connectivity index (χ3v) is 3.82. The predicted octanol–water partition coefficient (Wildman–Crippen LogP) is 3.12. The Bertz CT molecular complexity index is 304. The summed E-state index contributed by atoms with van der Waals surface area (Å²) in [4.78, 5) is 12.0. The topological polar surface area (TPSA) is 52.3 Å². The lowest BCUT2D eigenvalue weighted by Gasteiger charge is -2.39. The number of hydrogen-bond donors (Lipinski definition) is 1. The first kappa shape index (κ1) is 15.5. The Kier molecular flexibility index (Phi) is 4.47. The van der Waals surface area contributed by atoms with Gasteiger partial charge >= 0.3 is 5.97 Å². The van der Waals surface area contributed by atoms with E-state index in [1.165, 1.54) is 6.42 Å². The summed E-state index contributed by atoms with van der Waals surface area (Å²) >= 11 is 0. The van der Waals surface area contributed by atoms with Crippen LogP contribution in [0.2, 0.25) is 0 Å². The van der Waals surface area contributed by atoms with Crippen LogP contribution in [0.3, 0.4) is 0 Å². The van der Waals surface area contributed by atoms with Crippen molar-refractivity contribution in [2.75, 3.05) is 0 Å². The van der Waals surface area contributed by atoms with E-state index in [9.17, 15) is 4.79 Å². The molecule has 0 aromatic heterocycles. The van der Waals surface area contributed by atoms with Gasteiger partial charge in [-0.3, -0.25) is 4.79 Å². The highest BCUT2D eigenvalue weighted by Crippen LogP contribution is 2.39. The molecular weight excluding hydrogens is 226 g/mol. The fourth-order valence-electron chi connectivity index (χ4n) is 2.94. The van der Waals surface area contributed by atoms with Gasteiger partial charge in [0, 0.05) is 0 Å². The molecule has 0 aromatic rings. The highest BCUT2D eigenvalue weighted by Gasteiger charge is 2.36. The summed E-state index contributed by atoms with van der Waals surface area (Å²) in [6.45, 7) is 12.6. The van der Waals surface area contributed by atoms with Crippen LogP contribution in [0.15, 0.2) is 0 Å². The molecule has 3 atom stereocenters. The Morgan fingerprint density at radius 2 is 1.89 bits per heavy atom. The van der Waals surface area contributed by atoms with Gasteiger partial charge in [-0.1, -0.05) is 41.5 Å². The smallest absolute Gasteiger partial charge is 0.323 e. The molecule has 2 N–H and O–H groups in total. The Labute approximate surface area is 111 Å². The lowest BCUT2D eigenvalue weighted by atomic mass is 9.71. The number of rotatable bonds is 2. The molecule has 1 rings (SSSR count). The molecule has 1 fully saturated rings. The molecule has 1 aliphatic carbocycles. The van der Waals surface area contributed by atoms with Crippen LogP contribution in [-0.2, 0) is 9.53 Å². The molecule has 0 aromatic carbocycles. The zero-order valence-corrected chi connectivity index (χ0v) is 12.7. The minimum Gasteiger partial charge on any atom is -0.461 e.